The van der Waals surface area contributed by atoms with Crippen molar-refractivity contribution in [3.63, 3.8) is 0 Å². The summed E-state index contributed by atoms with van der Waals surface area (Å²) in [4.78, 5) is 6.82. The molecule has 0 aromatic heterocycles. The van der Waals surface area contributed by atoms with Crippen molar-refractivity contribution in [2.75, 3.05) is 51.8 Å². The second-order valence-electron chi connectivity index (χ2n) is 7.97. The Bertz CT molecular complexity index is 883. The first-order chi connectivity index (χ1) is 14.7. The number of aliphatic imine (C=N–C) groups is 1. The number of anilines is 1. The number of methoxy groups -OCH3 is 1. The molecule has 0 aliphatic carbocycles. The van der Waals surface area contributed by atoms with E-state index >= 15 is 0 Å². The molecule has 2 aromatic rings. The lowest BCUT2D eigenvalue weighted by Gasteiger charge is -2.20. The zero-order valence-electron chi connectivity index (χ0n) is 18.0. The smallest absolute Gasteiger partial charge is 0.190 e. The maximum absolute atomic E-state index is 5.59. The molecular formula is C24H32N4O2. The molecular weight excluding hydrogens is 376 g/mol. The van der Waals surface area contributed by atoms with Gasteiger partial charge < -0.3 is 25.0 Å². The van der Waals surface area contributed by atoms with Crippen LogP contribution in [0.5, 0.6) is 11.5 Å². The second-order valence-corrected chi connectivity index (χ2v) is 7.97. The first-order valence-electron chi connectivity index (χ1n) is 10.8. The molecule has 30 heavy (non-hydrogen) atoms. The van der Waals surface area contributed by atoms with Crippen molar-refractivity contribution < 1.29 is 9.47 Å². The predicted octanol–water partition coefficient (Wildman–Crippen LogP) is 2.86. The summed E-state index contributed by atoms with van der Waals surface area (Å²) in [6, 6.07) is 14.8. The summed E-state index contributed by atoms with van der Waals surface area (Å²) in [6.45, 7) is 4.72. The van der Waals surface area contributed by atoms with Crippen molar-refractivity contribution in [2.45, 2.75) is 19.3 Å². The molecule has 0 saturated carbocycles. The van der Waals surface area contributed by atoms with Gasteiger partial charge in [0.2, 0.25) is 0 Å². The van der Waals surface area contributed by atoms with E-state index in [-0.39, 0.29) is 0 Å². The van der Waals surface area contributed by atoms with E-state index in [2.05, 4.69) is 56.9 Å². The summed E-state index contributed by atoms with van der Waals surface area (Å²) < 4.78 is 10.9. The Kier molecular flexibility index (Phi) is 6.62. The molecule has 0 radical (unpaired) electrons. The van der Waals surface area contributed by atoms with Crippen LogP contribution in [-0.4, -0.2) is 52.9 Å². The number of hydrogen-bond acceptors (Lipinski definition) is 4. The van der Waals surface area contributed by atoms with Crippen LogP contribution in [0, 0.1) is 5.92 Å². The van der Waals surface area contributed by atoms with Gasteiger partial charge in [-0.1, -0.05) is 18.2 Å². The summed E-state index contributed by atoms with van der Waals surface area (Å²) in [5.41, 5.74) is 3.91. The first-order valence-corrected chi connectivity index (χ1v) is 10.8. The van der Waals surface area contributed by atoms with Crippen molar-refractivity contribution in [2.24, 2.45) is 10.9 Å². The Morgan fingerprint density at radius 3 is 3.03 bits per heavy atom. The predicted molar refractivity (Wildman–Crippen MR) is 122 cm³/mol. The highest BCUT2D eigenvalue weighted by molar-refractivity contribution is 5.79. The molecule has 2 aliphatic rings. The SMILES string of the molecule is CN=C(NCCc1ccc2c(c1)CCO2)NCC1CCN(c2cccc(OC)c2)C1. The van der Waals surface area contributed by atoms with Gasteiger partial charge >= 0.3 is 0 Å². The minimum Gasteiger partial charge on any atom is -0.497 e. The van der Waals surface area contributed by atoms with Crippen LogP contribution in [0.3, 0.4) is 0 Å². The number of rotatable bonds is 7. The number of hydrogen-bond donors (Lipinski definition) is 2. The van der Waals surface area contributed by atoms with Crippen molar-refractivity contribution in [3.05, 3.63) is 53.6 Å². The van der Waals surface area contributed by atoms with E-state index in [9.17, 15) is 0 Å². The molecule has 6 heteroatoms. The largest absolute Gasteiger partial charge is 0.497 e. The van der Waals surface area contributed by atoms with Crippen LogP contribution < -0.4 is 25.0 Å². The maximum atomic E-state index is 5.59. The van der Waals surface area contributed by atoms with E-state index in [1.165, 1.54) is 23.2 Å². The molecule has 1 unspecified atom stereocenters. The molecule has 0 amide bonds. The summed E-state index contributed by atoms with van der Waals surface area (Å²) >= 11 is 0. The molecule has 2 heterocycles. The summed E-state index contributed by atoms with van der Waals surface area (Å²) in [5, 5.41) is 6.95. The van der Waals surface area contributed by atoms with Gasteiger partial charge in [0.1, 0.15) is 11.5 Å². The number of fused-ring (bicyclic) bond motifs is 1. The molecule has 1 saturated heterocycles. The Balaban J connectivity index is 1.20. The van der Waals surface area contributed by atoms with E-state index < -0.39 is 0 Å². The summed E-state index contributed by atoms with van der Waals surface area (Å²) in [6.07, 6.45) is 3.17. The molecule has 160 valence electrons. The number of nitrogens with one attached hydrogen (secondary N) is 2. The van der Waals surface area contributed by atoms with Gasteiger partial charge in [-0.15, -0.1) is 0 Å². The van der Waals surface area contributed by atoms with E-state index in [0.29, 0.717) is 5.92 Å². The third-order valence-electron chi connectivity index (χ3n) is 5.95. The van der Waals surface area contributed by atoms with Crippen molar-refractivity contribution in [1.82, 2.24) is 10.6 Å². The summed E-state index contributed by atoms with van der Waals surface area (Å²) in [5.74, 6) is 3.43. The lowest BCUT2D eigenvalue weighted by molar-refractivity contribution is 0.357. The highest BCUT2D eigenvalue weighted by Gasteiger charge is 2.23. The number of ether oxygens (including phenoxy) is 2. The number of guanidine groups is 1. The fraction of sp³-hybridized carbons (Fsp3) is 0.458. The Morgan fingerprint density at radius 2 is 2.17 bits per heavy atom. The fourth-order valence-corrected chi connectivity index (χ4v) is 4.22. The van der Waals surface area contributed by atoms with Gasteiger partial charge in [0.15, 0.2) is 5.96 Å². The fourth-order valence-electron chi connectivity index (χ4n) is 4.22. The van der Waals surface area contributed by atoms with E-state index in [4.69, 9.17) is 9.47 Å². The zero-order valence-corrected chi connectivity index (χ0v) is 18.0. The lowest BCUT2D eigenvalue weighted by atomic mass is 10.1. The van der Waals surface area contributed by atoms with Crippen LogP contribution in [0.4, 0.5) is 5.69 Å². The van der Waals surface area contributed by atoms with Crippen molar-refractivity contribution in [3.8, 4) is 11.5 Å². The quantitative estimate of drug-likeness (QED) is 0.545. The molecule has 2 N–H and O–H groups in total. The Labute approximate surface area is 179 Å². The van der Waals surface area contributed by atoms with Crippen LogP contribution in [0.15, 0.2) is 47.5 Å². The van der Waals surface area contributed by atoms with Gasteiger partial charge in [0.05, 0.1) is 13.7 Å². The Hall–Kier alpha value is -2.89. The average molecular weight is 409 g/mol. The minimum atomic E-state index is 0.603. The maximum Gasteiger partial charge on any atom is 0.190 e. The van der Waals surface area contributed by atoms with Gasteiger partial charge in [-0.2, -0.15) is 0 Å². The van der Waals surface area contributed by atoms with Crippen molar-refractivity contribution >= 4 is 11.6 Å². The highest BCUT2D eigenvalue weighted by Crippen LogP contribution is 2.27. The van der Waals surface area contributed by atoms with Crippen LogP contribution in [0.2, 0.25) is 0 Å². The molecule has 1 atom stereocenters. The van der Waals surface area contributed by atoms with Crippen LogP contribution in [0.1, 0.15) is 17.5 Å². The van der Waals surface area contributed by atoms with Gasteiger partial charge in [-0.25, -0.2) is 0 Å². The first kappa shape index (κ1) is 20.4. The van der Waals surface area contributed by atoms with Crippen molar-refractivity contribution in [1.29, 1.82) is 0 Å². The average Bonchev–Trinajstić information content (AvgIpc) is 3.45. The molecule has 2 aromatic carbocycles. The third-order valence-corrected chi connectivity index (χ3v) is 5.95. The summed E-state index contributed by atoms with van der Waals surface area (Å²) in [7, 11) is 3.55. The number of nitrogens with zero attached hydrogens (tertiary/aromatic N) is 2. The minimum absolute atomic E-state index is 0.603. The van der Waals surface area contributed by atoms with Gasteiger partial charge in [-0.3, -0.25) is 4.99 Å². The topological polar surface area (TPSA) is 58.1 Å². The Morgan fingerprint density at radius 1 is 1.23 bits per heavy atom. The van der Waals surface area contributed by atoms with Gasteiger partial charge in [0.25, 0.3) is 0 Å². The van der Waals surface area contributed by atoms with E-state index in [0.717, 1.165) is 63.1 Å². The standard InChI is InChI=1S/C24H32N4O2/c1-25-24(26-11-8-18-6-7-23-20(14-18)10-13-30-23)27-16-19-9-12-28(17-19)21-4-3-5-22(15-21)29-2/h3-7,14-15,19H,8-13,16-17H2,1-2H3,(H2,25,26,27). The second kappa shape index (κ2) is 9.74. The zero-order chi connectivity index (χ0) is 20.8. The molecule has 0 spiro atoms. The van der Waals surface area contributed by atoms with Crippen LogP contribution in [0.25, 0.3) is 0 Å². The molecule has 4 rings (SSSR count). The monoisotopic (exact) mass is 408 g/mol. The number of benzene rings is 2. The molecule has 6 nitrogen and oxygen atoms in total. The van der Waals surface area contributed by atoms with E-state index in [1.807, 2.05) is 13.1 Å². The van der Waals surface area contributed by atoms with Crippen LogP contribution >= 0.6 is 0 Å². The molecule has 0 bridgehead atoms. The van der Waals surface area contributed by atoms with Gasteiger partial charge in [-0.05, 0) is 48.1 Å². The molecule has 1 fully saturated rings. The normalized spacial score (nSPS) is 18.1. The van der Waals surface area contributed by atoms with Crippen LogP contribution in [-0.2, 0) is 12.8 Å². The molecule has 2 aliphatic heterocycles. The van der Waals surface area contributed by atoms with Gasteiger partial charge in [0, 0.05) is 51.4 Å². The lowest BCUT2D eigenvalue weighted by Crippen LogP contribution is -2.41. The van der Waals surface area contributed by atoms with E-state index in [1.54, 1.807) is 7.11 Å². The highest BCUT2D eigenvalue weighted by atomic mass is 16.5. The third kappa shape index (κ3) is 4.99.